The van der Waals surface area contributed by atoms with E-state index in [1.165, 1.54) is 6.08 Å². The lowest BCUT2D eigenvalue weighted by atomic mass is 10.2. The first-order valence-corrected chi connectivity index (χ1v) is 6.82. The van der Waals surface area contributed by atoms with Gasteiger partial charge in [0.2, 0.25) is 5.91 Å². The van der Waals surface area contributed by atoms with Gasteiger partial charge in [-0.05, 0) is 23.8 Å². The predicted octanol–water partition coefficient (Wildman–Crippen LogP) is 1.85. The van der Waals surface area contributed by atoms with Crippen molar-refractivity contribution in [1.29, 1.82) is 0 Å². The summed E-state index contributed by atoms with van der Waals surface area (Å²) in [5.41, 5.74) is 6.27. The summed E-state index contributed by atoms with van der Waals surface area (Å²) in [6.45, 7) is 0.504. The highest BCUT2D eigenvalue weighted by atomic mass is 32.1. The zero-order valence-corrected chi connectivity index (χ0v) is 13.3. The van der Waals surface area contributed by atoms with Crippen molar-refractivity contribution in [1.82, 2.24) is 4.90 Å². The number of amides is 1. The lowest BCUT2D eigenvalue weighted by Gasteiger charge is -2.14. The first-order chi connectivity index (χ1) is 9.97. The molecule has 1 aromatic rings. The molecule has 0 aliphatic rings. The normalized spacial score (nSPS) is 10.4. The Morgan fingerprint density at radius 1 is 1.33 bits per heavy atom. The molecule has 21 heavy (non-hydrogen) atoms. The topological polar surface area (TPSA) is 64.8 Å². The van der Waals surface area contributed by atoms with Gasteiger partial charge in [0.05, 0.1) is 19.2 Å². The van der Waals surface area contributed by atoms with Crippen molar-refractivity contribution in [2.24, 2.45) is 5.73 Å². The average Bonchev–Trinajstić information content (AvgIpc) is 2.49. The van der Waals surface area contributed by atoms with Crippen LogP contribution < -0.4 is 15.2 Å². The monoisotopic (exact) mass is 308 g/mol. The maximum atomic E-state index is 11.9. The largest absolute Gasteiger partial charge is 0.493 e. The number of hydrogen-bond acceptors (Lipinski definition) is 4. The van der Waals surface area contributed by atoms with E-state index < -0.39 is 0 Å². The minimum Gasteiger partial charge on any atom is -0.493 e. The first kappa shape index (κ1) is 17.0. The molecule has 0 bridgehead atoms. The summed E-state index contributed by atoms with van der Waals surface area (Å²) in [4.78, 5) is 13.9. The highest BCUT2D eigenvalue weighted by Gasteiger charge is 2.06. The number of benzene rings is 1. The van der Waals surface area contributed by atoms with Crippen LogP contribution in [0.25, 0.3) is 6.08 Å². The van der Waals surface area contributed by atoms with Gasteiger partial charge in [0.15, 0.2) is 11.5 Å². The van der Waals surface area contributed by atoms with Gasteiger partial charge in [-0.3, -0.25) is 4.79 Å². The molecule has 0 aromatic heterocycles. The quantitative estimate of drug-likeness (QED) is 0.615. The molecular weight excluding hydrogens is 288 g/mol. The molecule has 0 spiro atoms. The van der Waals surface area contributed by atoms with E-state index in [0.717, 1.165) is 5.56 Å². The second-order valence-electron chi connectivity index (χ2n) is 4.42. The standard InChI is InChI=1S/C15H20N2O3S/c1-17(9-8-14(16)21)15(18)7-5-11-4-6-12(19-2)13(10-11)20-3/h4-7,10H,8-9H2,1-3H3,(H2,16,21)/b7-5+. The summed E-state index contributed by atoms with van der Waals surface area (Å²) in [7, 11) is 4.85. The molecule has 1 rings (SSSR count). The molecule has 0 aliphatic heterocycles. The molecule has 6 heteroatoms. The van der Waals surface area contributed by atoms with Crippen LogP contribution in [0.1, 0.15) is 12.0 Å². The third-order valence-corrected chi connectivity index (χ3v) is 3.10. The molecule has 2 N–H and O–H groups in total. The van der Waals surface area contributed by atoms with Crippen molar-refractivity contribution in [3.8, 4) is 11.5 Å². The van der Waals surface area contributed by atoms with Gasteiger partial charge in [0, 0.05) is 26.1 Å². The molecule has 114 valence electrons. The fraction of sp³-hybridized carbons (Fsp3) is 0.333. The van der Waals surface area contributed by atoms with Crippen molar-refractivity contribution in [3.63, 3.8) is 0 Å². The van der Waals surface area contributed by atoms with Crippen LogP contribution in [-0.4, -0.2) is 43.6 Å². The van der Waals surface area contributed by atoms with Gasteiger partial charge in [0.25, 0.3) is 0 Å². The van der Waals surface area contributed by atoms with Crippen LogP contribution in [0.15, 0.2) is 24.3 Å². The molecule has 0 unspecified atom stereocenters. The Labute approximate surface area is 130 Å². The Morgan fingerprint density at radius 3 is 2.57 bits per heavy atom. The highest BCUT2D eigenvalue weighted by molar-refractivity contribution is 7.80. The lowest BCUT2D eigenvalue weighted by Crippen LogP contribution is -2.28. The molecule has 0 radical (unpaired) electrons. The van der Waals surface area contributed by atoms with E-state index in [2.05, 4.69) is 0 Å². The van der Waals surface area contributed by atoms with Gasteiger partial charge in [-0.1, -0.05) is 18.3 Å². The fourth-order valence-electron chi connectivity index (χ4n) is 1.64. The molecule has 0 saturated carbocycles. The fourth-order valence-corrected chi connectivity index (χ4v) is 1.73. The van der Waals surface area contributed by atoms with Crippen LogP contribution in [0.5, 0.6) is 11.5 Å². The van der Waals surface area contributed by atoms with Crippen LogP contribution in [0.4, 0.5) is 0 Å². The van der Waals surface area contributed by atoms with Crippen molar-refractivity contribution in [3.05, 3.63) is 29.8 Å². The van der Waals surface area contributed by atoms with Crippen molar-refractivity contribution in [2.75, 3.05) is 27.8 Å². The van der Waals surface area contributed by atoms with E-state index in [-0.39, 0.29) is 5.91 Å². The second kappa shape index (κ2) is 8.26. The summed E-state index contributed by atoms with van der Waals surface area (Å²) >= 11 is 4.79. The number of methoxy groups -OCH3 is 2. The van der Waals surface area contributed by atoms with Crippen molar-refractivity contribution in [2.45, 2.75) is 6.42 Å². The third-order valence-electron chi connectivity index (χ3n) is 2.90. The van der Waals surface area contributed by atoms with E-state index in [4.69, 9.17) is 27.4 Å². The van der Waals surface area contributed by atoms with Gasteiger partial charge in [-0.2, -0.15) is 0 Å². The number of carbonyl (C=O) groups is 1. The SMILES string of the molecule is COc1ccc(/C=C/C(=O)N(C)CCC(N)=S)cc1OC. The highest BCUT2D eigenvalue weighted by Crippen LogP contribution is 2.27. The molecular formula is C15H20N2O3S. The van der Waals surface area contributed by atoms with Crippen LogP contribution in [0.3, 0.4) is 0 Å². The van der Waals surface area contributed by atoms with Gasteiger partial charge < -0.3 is 20.1 Å². The van der Waals surface area contributed by atoms with Gasteiger partial charge in [-0.25, -0.2) is 0 Å². The molecule has 5 nitrogen and oxygen atoms in total. The van der Waals surface area contributed by atoms with E-state index >= 15 is 0 Å². The zero-order valence-electron chi connectivity index (χ0n) is 12.5. The summed E-state index contributed by atoms with van der Waals surface area (Å²) < 4.78 is 10.4. The lowest BCUT2D eigenvalue weighted by molar-refractivity contribution is -0.124. The molecule has 1 amide bonds. The Morgan fingerprint density at radius 2 is 2.00 bits per heavy atom. The molecule has 0 heterocycles. The predicted molar refractivity (Wildman–Crippen MR) is 87.6 cm³/mol. The number of ether oxygens (including phenoxy) is 2. The minimum atomic E-state index is -0.110. The number of nitrogens with two attached hydrogens (primary N) is 1. The first-order valence-electron chi connectivity index (χ1n) is 6.41. The smallest absolute Gasteiger partial charge is 0.246 e. The van der Waals surface area contributed by atoms with Gasteiger partial charge >= 0.3 is 0 Å². The number of nitrogens with zero attached hydrogens (tertiary/aromatic N) is 1. The van der Waals surface area contributed by atoms with Gasteiger partial charge in [0.1, 0.15) is 0 Å². The number of thiocarbonyl (C=S) groups is 1. The molecule has 0 atom stereocenters. The van der Waals surface area contributed by atoms with Crippen LogP contribution >= 0.6 is 12.2 Å². The molecule has 0 aliphatic carbocycles. The molecule has 1 aromatic carbocycles. The minimum absolute atomic E-state index is 0.110. The number of hydrogen-bond donors (Lipinski definition) is 1. The van der Waals surface area contributed by atoms with Crippen LogP contribution in [-0.2, 0) is 4.79 Å². The summed E-state index contributed by atoms with van der Waals surface area (Å²) in [6.07, 6.45) is 3.74. The van der Waals surface area contributed by atoms with Crippen molar-refractivity contribution >= 4 is 29.2 Å². The average molecular weight is 308 g/mol. The van der Waals surface area contributed by atoms with Crippen LogP contribution in [0.2, 0.25) is 0 Å². The third kappa shape index (κ3) is 5.43. The van der Waals surface area contributed by atoms with Crippen molar-refractivity contribution < 1.29 is 14.3 Å². The summed E-state index contributed by atoms with van der Waals surface area (Å²) in [5.74, 6) is 1.16. The maximum absolute atomic E-state index is 11.9. The van der Waals surface area contributed by atoms with Gasteiger partial charge in [-0.15, -0.1) is 0 Å². The summed E-state index contributed by atoms with van der Waals surface area (Å²) in [6, 6.07) is 5.44. The second-order valence-corrected chi connectivity index (χ2v) is 4.95. The maximum Gasteiger partial charge on any atom is 0.246 e. The Hall–Kier alpha value is -2.08. The van der Waals surface area contributed by atoms with E-state index in [1.54, 1.807) is 44.4 Å². The molecule has 0 saturated heterocycles. The summed E-state index contributed by atoms with van der Waals surface area (Å²) in [5, 5.41) is 0. The number of rotatable bonds is 7. The van der Waals surface area contributed by atoms with E-state index in [1.807, 2.05) is 6.07 Å². The van der Waals surface area contributed by atoms with E-state index in [9.17, 15) is 4.79 Å². The Balaban J connectivity index is 2.71. The molecule has 0 fully saturated rings. The zero-order chi connectivity index (χ0) is 15.8. The number of carbonyl (C=O) groups excluding carboxylic acids is 1. The Bertz CT molecular complexity index is 544. The van der Waals surface area contributed by atoms with E-state index in [0.29, 0.717) is 29.5 Å². The van der Waals surface area contributed by atoms with Crippen LogP contribution in [0, 0.1) is 0 Å². The Kier molecular flexibility index (Phi) is 6.68. The number of likely N-dealkylation sites (N-methyl/N-ethyl adjacent to an activating group) is 1.